The SMILES string of the molecule is CC(=O)c1ncc(-c2ccc(Cl)c(C(F)(F)F)c2)cn1. The van der Waals surface area contributed by atoms with Crippen LogP contribution in [0.4, 0.5) is 13.2 Å². The second kappa shape index (κ2) is 5.20. The van der Waals surface area contributed by atoms with Crippen LogP contribution < -0.4 is 0 Å². The number of halogens is 4. The Labute approximate surface area is 117 Å². The van der Waals surface area contributed by atoms with Gasteiger partial charge in [0.05, 0.1) is 10.6 Å². The van der Waals surface area contributed by atoms with Crippen LogP contribution in [-0.4, -0.2) is 15.8 Å². The van der Waals surface area contributed by atoms with E-state index in [1.165, 1.54) is 31.5 Å². The van der Waals surface area contributed by atoms with Gasteiger partial charge in [-0.1, -0.05) is 17.7 Å². The van der Waals surface area contributed by atoms with Crippen LogP contribution in [0.15, 0.2) is 30.6 Å². The summed E-state index contributed by atoms with van der Waals surface area (Å²) >= 11 is 5.54. The lowest BCUT2D eigenvalue weighted by molar-refractivity contribution is -0.137. The fraction of sp³-hybridized carbons (Fsp3) is 0.154. The van der Waals surface area contributed by atoms with Crippen molar-refractivity contribution in [1.82, 2.24) is 9.97 Å². The van der Waals surface area contributed by atoms with E-state index in [-0.39, 0.29) is 22.2 Å². The Bertz CT molecular complexity index is 654. The van der Waals surface area contributed by atoms with Gasteiger partial charge in [-0.15, -0.1) is 0 Å². The molecule has 1 aromatic heterocycles. The summed E-state index contributed by atoms with van der Waals surface area (Å²) in [6.07, 6.45) is -1.94. The molecular weight excluding hydrogens is 293 g/mol. The first kappa shape index (κ1) is 14.5. The molecule has 0 saturated heterocycles. The van der Waals surface area contributed by atoms with Gasteiger partial charge in [0.25, 0.3) is 0 Å². The molecule has 0 bridgehead atoms. The summed E-state index contributed by atoms with van der Waals surface area (Å²) in [7, 11) is 0. The molecule has 0 aliphatic heterocycles. The fourth-order valence-corrected chi connectivity index (χ4v) is 1.81. The van der Waals surface area contributed by atoms with Gasteiger partial charge in [0.2, 0.25) is 0 Å². The number of ketones is 1. The highest BCUT2D eigenvalue weighted by Gasteiger charge is 2.33. The third kappa shape index (κ3) is 2.96. The van der Waals surface area contributed by atoms with Gasteiger partial charge < -0.3 is 0 Å². The van der Waals surface area contributed by atoms with E-state index in [1.54, 1.807) is 0 Å². The minimum Gasteiger partial charge on any atom is -0.291 e. The van der Waals surface area contributed by atoms with Gasteiger partial charge in [-0.05, 0) is 17.7 Å². The standard InChI is InChI=1S/C13H8ClF3N2O/c1-7(20)12-18-5-9(6-19-12)8-2-3-11(14)10(4-8)13(15,16)17/h2-6H,1H3. The van der Waals surface area contributed by atoms with Crippen molar-refractivity contribution in [3.63, 3.8) is 0 Å². The average Bonchev–Trinajstić information content (AvgIpc) is 2.38. The van der Waals surface area contributed by atoms with Crippen LogP contribution in [0.1, 0.15) is 23.1 Å². The molecule has 1 heterocycles. The molecule has 2 rings (SSSR count). The Balaban J connectivity index is 2.45. The zero-order valence-electron chi connectivity index (χ0n) is 10.2. The largest absolute Gasteiger partial charge is 0.417 e. The molecule has 0 spiro atoms. The van der Waals surface area contributed by atoms with Crippen molar-refractivity contribution in [1.29, 1.82) is 0 Å². The van der Waals surface area contributed by atoms with Gasteiger partial charge in [0.15, 0.2) is 11.6 Å². The first-order chi connectivity index (χ1) is 9.29. The molecule has 0 aliphatic rings. The lowest BCUT2D eigenvalue weighted by atomic mass is 10.1. The summed E-state index contributed by atoms with van der Waals surface area (Å²) in [5.41, 5.74) is -0.277. The van der Waals surface area contributed by atoms with E-state index in [9.17, 15) is 18.0 Å². The van der Waals surface area contributed by atoms with Crippen molar-refractivity contribution in [3.8, 4) is 11.1 Å². The summed E-state index contributed by atoms with van der Waals surface area (Å²) in [6, 6.07) is 3.52. The van der Waals surface area contributed by atoms with Gasteiger partial charge in [0.1, 0.15) is 0 Å². The number of alkyl halides is 3. The number of Topliss-reactive ketones (excluding diaryl/α,β-unsaturated/α-hetero) is 1. The van der Waals surface area contributed by atoms with Crippen molar-refractivity contribution in [2.45, 2.75) is 13.1 Å². The average molecular weight is 301 g/mol. The predicted octanol–water partition coefficient (Wildman–Crippen LogP) is 4.02. The van der Waals surface area contributed by atoms with Crippen molar-refractivity contribution < 1.29 is 18.0 Å². The van der Waals surface area contributed by atoms with E-state index in [0.29, 0.717) is 5.56 Å². The van der Waals surface area contributed by atoms with Crippen LogP contribution in [0.25, 0.3) is 11.1 Å². The number of aromatic nitrogens is 2. The number of rotatable bonds is 2. The zero-order valence-corrected chi connectivity index (χ0v) is 11.0. The highest BCUT2D eigenvalue weighted by atomic mass is 35.5. The highest BCUT2D eigenvalue weighted by Crippen LogP contribution is 2.36. The van der Waals surface area contributed by atoms with Gasteiger partial charge in [0, 0.05) is 24.9 Å². The summed E-state index contributed by atoms with van der Waals surface area (Å²) in [4.78, 5) is 18.6. The zero-order chi connectivity index (χ0) is 14.9. The summed E-state index contributed by atoms with van der Waals surface area (Å²) in [5, 5.41) is -0.373. The summed E-state index contributed by atoms with van der Waals surface area (Å²) < 4.78 is 38.3. The summed E-state index contributed by atoms with van der Waals surface area (Å²) in [6.45, 7) is 1.30. The molecule has 0 fully saturated rings. The second-order valence-electron chi connectivity index (χ2n) is 4.04. The van der Waals surface area contributed by atoms with E-state index in [2.05, 4.69) is 9.97 Å². The van der Waals surface area contributed by atoms with Crippen LogP contribution >= 0.6 is 11.6 Å². The van der Waals surface area contributed by atoms with Crippen molar-refractivity contribution in [2.75, 3.05) is 0 Å². The van der Waals surface area contributed by atoms with Crippen molar-refractivity contribution >= 4 is 17.4 Å². The number of hydrogen-bond donors (Lipinski definition) is 0. The van der Waals surface area contributed by atoms with Crippen LogP contribution in [0.5, 0.6) is 0 Å². The molecule has 2 aromatic rings. The van der Waals surface area contributed by atoms with E-state index < -0.39 is 11.7 Å². The fourth-order valence-electron chi connectivity index (χ4n) is 1.58. The minimum absolute atomic E-state index is 0.0127. The van der Waals surface area contributed by atoms with E-state index >= 15 is 0 Å². The van der Waals surface area contributed by atoms with Gasteiger partial charge in [-0.3, -0.25) is 4.79 Å². The predicted molar refractivity (Wildman–Crippen MR) is 67.5 cm³/mol. The first-order valence-corrected chi connectivity index (χ1v) is 5.87. The highest BCUT2D eigenvalue weighted by molar-refractivity contribution is 6.31. The Morgan fingerprint density at radius 2 is 1.75 bits per heavy atom. The monoisotopic (exact) mass is 300 g/mol. The molecule has 0 radical (unpaired) electrons. The third-order valence-electron chi connectivity index (χ3n) is 2.57. The van der Waals surface area contributed by atoms with Crippen molar-refractivity contribution in [3.05, 3.63) is 47.0 Å². The van der Waals surface area contributed by atoms with Gasteiger partial charge in [-0.25, -0.2) is 9.97 Å². The molecule has 20 heavy (non-hydrogen) atoms. The molecule has 7 heteroatoms. The lowest BCUT2D eigenvalue weighted by Gasteiger charge is -2.10. The Morgan fingerprint density at radius 1 is 1.15 bits per heavy atom. The van der Waals surface area contributed by atoms with E-state index in [4.69, 9.17) is 11.6 Å². The molecule has 0 N–H and O–H groups in total. The van der Waals surface area contributed by atoms with E-state index in [1.807, 2.05) is 0 Å². The maximum Gasteiger partial charge on any atom is 0.417 e. The van der Waals surface area contributed by atoms with Gasteiger partial charge in [-0.2, -0.15) is 13.2 Å². The molecule has 104 valence electrons. The van der Waals surface area contributed by atoms with Gasteiger partial charge >= 0.3 is 6.18 Å². The maximum atomic E-state index is 12.8. The number of nitrogens with zero attached hydrogens (tertiary/aromatic N) is 2. The molecule has 0 aliphatic carbocycles. The smallest absolute Gasteiger partial charge is 0.291 e. The number of benzene rings is 1. The Hall–Kier alpha value is -1.95. The second-order valence-corrected chi connectivity index (χ2v) is 4.45. The van der Waals surface area contributed by atoms with Crippen LogP contribution in [0.3, 0.4) is 0 Å². The molecule has 0 saturated carbocycles. The number of carbonyl (C=O) groups excluding carboxylic acids is 1. The Morgan fingerprint density at radius 3 is 2.25 bits per heavy atom. The summed E-state index contributed by atoms with van der Waals surface area (Å²) in [5.74, 6) is -0.303. The van der Waals surface area contributed by atoms with Crippen molar-refractivity contribution in [2.24, 2.45) is 0 Å². The maximum absolute atomic E-state index is 12.8. The number of hydrogen-bond acceptors (Lipinski definition) is 3. The Kier molecular flexibility index (Phi) is 3.76. The van der Waals surface area contributed by atoms with Crippen LogP contribution in [0.2, 0.25) is 5.02 Å². The van der Waals surface area contributed by atoms with Crippen LogP contribution in [-0.2, 0) is 6.18 Å². The lowest BCUT2D eigenvalue weighted by Crippen LogP contribution is -2.06. The quantitative estimate of drug-likeness (QED) is 0.787. The normalized spacial score (nSPS) is 11.4. The molecule has 3 nitrogen and oxygen atoms in total. The first-order valence-electron chi connectivity index (χ1n) is 5.49. The molecule has 0 atom stereocenters. The number of carbonyl (C=O) groups is 1. The minimum atomic E-state index is -4.53. The van der Waals surface area contributed by atoms with E-state index in [0.717, 1.165) is 6.07 Å². The molecular formula is C13H8ClF3N2O. The molecule has 0 unspecified atom stereocenters. The van der Waals surface area contributed by atoms with Crippen LogP contribution in [0, 0.1) is 0 Å². The topological polar surface area (TPSA) is 42.9 Å². The molecule has 1 aromatic carbocycles. The third-order valence-corrected chi connectivity index (χ3v) is 2.90. The molecule has 0 amide bonds.